The van der Waals surface area contributed by atoms with Crippen molar-refractivity contribution < 1.29 is 53.4 Å². The molecule has 4 aromatic rings. The van der Waals surface area contributed by atoms with Crippen LogP contribution in [0, 0.1) is 0 Å². The van der Waals surface area contributed by atoms with Gasteiger partial charge in [-0.3, -0.25) is 14.4 Å². The molecule has 12 heteroatoms. The molecule has 12 nitrogen and oxygen atoms in total. The molecule has 1 unspecified atom stereocenters. The summed E-state index contributed by atoms with van der Waals surface area (Å²) in [6.07, 6.45) is -0.230. The van der Waals surface area contributed by atoms with Gasteiger partial charge in [0.25, 0.3) is 0 Å². The summed E-state index contributed by atoms with van der Waals surface area (Å²) in [5, 5.41) is 40.6. The van der Waals surface area contributed by atoms with E-state index in [9.17, 15) is 34.8 Å². The van der Waals surface area contributed by atoms with Crippen molar-refractivity contribution in [1.29, 1.82) is 0 Å². The Morgan fingerprint density at radius 2 is 1.60 bits per heavy atom. The summed E-state index contributed by atoms with van der Waals surface area (Å²) in [4.78, 5) is 37.6. The molecule has 4 N–H and O–H groups in total. The van der Waals surface area contributed by atoms with Gasteiger partial charge in [0, 0.05) is 30.0 Å². The highest BCUT2D eigenvalue weighted by Crippen LogP contribution is 2.50. The zero-order valence-corrected chi connectivity index (χ0v) is 21.3. The second-order valence-electron chi connectivity index (χ2n) is 8.90. The largest absolute Gasteiger partial charge is 0.507 e. The van der Waals surface area contributed by atoms with Gasteiger partial charge in [-0.2, -0.15) is 0 Å². The van der Waals surface area contributed by atoms with Crippen molar-refractivity contribution in [3.63, 3.8) is 0 Å². The maximum Gasteiger partial charge on any atom is 0.312 e. The number of hydrogen-bond donors (Lipinski definition) is 4. The fourth-order valence-electron chi connectivity index (χ4n) is 4.67. The molecule has 0 aliphatic carbocycles. The van der Waals surface area contributed by atoms with Crippen LogP contribution in [0.2, 0.25) is 0 Å². The molecule has 0 fully saturated rings. The first-order valence-electron chi connectivity index (χ1n) is 11.8. The van der Waals surface area contributed by atoms with Crippen LogP contribution in [0.5, 0.6) is 46.0 Å². The molecule has 5 rings (SSSR count). The Morgan fingerprint density at radius 1 is 0.925 bits per heavy atom. The van der Waals surface area contributed by atoms with Gasteiger partial charge in [0.15, 0.2) is 28.8 Å². The number of ether oxygens (including phenoxy) is 4. The van der Waals surface area contributed by atoms with Crippen molar-refractivity contribution in [3.05, 3.63) is 57.7 Å². The number of esters is 2. The van der Waals surface area contributed by atoms with Crippen LogP contribution in [0.25, 0.3) is 22.3 Å². The average molecular weight is 550 g/mol. The summed E-state index contributed by atoms with van der Waals surface area (Å²) < 4.78 is 27.4. The molecule has 0 spiro atoms. The predicted octanol–water partition coefficient (Wildman–Crippen LogP) is 3.67. The standard InChI is InChI=1S/C28H22O12/c1-11(29)38-27-19(36-2)7-13(8-20(27)37-3)14-9-21(33)39-18-10-17(32)23-24(34)25(35)26(40-28(23)22(14)18)12-4-5-15(30)16(31)6-12/h4-8,10,14,30-32,35H,9H2,1-3H3. The molecule has 206 valence electrons. The molecule has 0 radical (unpaired) electrons. The Labute approximate surface area is 225 Å². The molecule has 1 aliphatic heterocycles. The second kappa shape index (κ2) is 9.73. The van der Waals surface area contributed by atoms with E-state index in [0.717, 1.165) is 18.2 Å². The summed E-state index contributed by atoms with van der Waals surface area (Å²) in [6, 6.07) is 7.63. The van der Waals surface area contributed by atoms with Crippen LogP contribution in [-0.2, 0) is 9.59 Å². The Balaban J connectivity index is 1.82. The van der Waals surface area contributed by atoms with E-state index in [0.29, 0.717) is 5.56 Å². The van der Waals surface area contributed by atoms with E-state index in [4.69, 9.17) is 23.4 Å². The van der Waals surface area contributed by atoms with Crippen LogP contribution < -0.4 is 24.4 Å². The number of phenolic OH excluding ortho intramolecular Hbond substituents is 3. The fraction of sp³-hybridized carbons (Fsp3) is 0.179. The maximum absolute atomic E-state index is 13.3. The van der Waals surface area contributed by atoms with Gasteiger partial charge in [-0.25, -0.2) is 0 Å². The third-order valence-corrected chi connectivity index (χ3v) is 6.43. The van der Waals surface area contributed by atoms with Crippen LogP contribution in [0.15, 0.2) is 45.6 Å². The number of hydrogen-bond acceptors (Lipinski definition) is 12. The van der Waals surface area contributed by atoms with Gasteiger partial charge in [0.05, 0.1) is 20.6 Å². The zero-order chi connectivity index (χ0) is 28.9. The van der Waals surface area contributed by atoms with Crippen LogP contribution >= 0.6 is 0 Å². The summed E-state index contributed by atoms with van der Waals surface area (Å²) in [7, 11) is 2.70. The van der Waals surface area contributed by atoms with Gasteiger partial charge in [-0.05, 0) is 35.9 Å². The third-order valence-electron chi connectivity index (χ3n) is 6.43. The van der Waals surface area contributed by atoms with Gasteiger partial charge in [0.2, 0.25) is 16.9 Å². The molecule has 0 bridgehead atoms. The van der Waals surface area contributed by atoms with Gasteiger partial charge in [-0.15, -0.1) is 0 Å². The molecule has 1 atom stereocenters. The van der Waals surface area contributed by atoms with Crippen LogP contribution in [0.1, 0.15) is 30.4 Å². The highest BCUT2D eigenvalue weighted by molar-refractivity contribution is 5.94. The zero-order valence-electron chi connectivity index (χ0n) is 21.3. The lowest BCUT2D eigenvalue weighted by Gasteiger charge is -2.27. The quantitative estimate of drug-likeness (QED) is 0.161. The first-order chi connectivity index (χ1) is 19.0. The SMILES string of the molecule is COc1cc(C2CC(=O)Oc3cc(O)c4c(=O)c(O)c(-c5ccc(O)c(O)c5)oc4c32)cc(OC)c1OC(C)=O. The second-order valence-corrected chi connectivity index (χ2v) is 8.90. The summed E-state index contributed by atoms with van der Waals surface area (Å²) in [5.41, 5.74) is -0.519. The van der Waals surface area contributed by atoms with Crippen LogP contribution in [-0.4, -0.2) is 46.6 Å². The number of carbonyl (C=O) groups excluding carboxylic acids is 2. The van der Waals surface area contributed by atoms with E-state index in [1.165, 1.54) is 39.3 Å². The summed E-state index contributed by atoms with van der Waals surface area (Å²) in [5.74, 6) is -4.75. The van der Waals surface area contributed by atoms with Crippen molar-refractivity contribution in [1.82, 2.24) is 0 Å². The Hall–Kier alpha value is -5.39. The number of benzene rings is 3. The van der Waals surface area contributed by atoms with Gasteiger partial charge >= 0.3 is 11.9 Å². The van der Waals surface area contributed by atoms with Crippen LogP contribution in [0.3, 0.4) is 0 Å². The lowest BCUT2D eigenvalue weighted by atomic mass is 9.84. The minimum absolute atomic E-state index is 0.0151. The molecule has 0 amide bonds. The summed E-state index contributed by atoms with van der Waals surface area (Å²) >= 11 is 0. The van der Waals surface area contributed by atoms with E-state index < -0.39 is 46.3 Å². The Morgan fingerprint density at radius 3 is 2.20 bits per heavy atom. The highest BCUT2D eigenvalue weighted by atomic mass is 16.6. The molecule has 3 aromatic carbocycles. The van der Waals surface area contributed by atoms with Crippen LogP contribution in [0.4, 0.5) is 0 Å². The molecule has 1 aromatic heterocycles. The van der Waals surface area contributed by atoms with Gasteiger partial charge < -0.3 is 43.8 Å². The number of rotatable bonds is 5. The Kier molecular flexibility index (Phi) is 6.38. The minimum Gasteiger partial charge on any atom is -0.507 e. The number of phenols is 3. The Bertz CT molecular complexity index is 1740. The highest BCUT2D eigenvalue weighted by Gasteiger charge is 2.35. The first kappa shape index (κ1) is 26.2. The van der Waals surface area contributed by atoms with E-state index in [1.54, 1.807) is 0 Å². The molecule has 2 heterocycles. The average Bonchev–Trinajstić information content (AvgIpc) is 2.91. The molecule has 0 saturated heterocycles. The molecular weight excluding hydrogens is 528 g/mol. The number of methoxy groups -OCH3 is 2. The summed E-state index contributed by atoms with van der Waals surface area (Å²) in [6.45, 7) is 1.21. The minimum atomic E-state index is -0.986. The first-order valence-corrected chi connectivity index (χ1v) is 11.8. The van der Waals surface area contributed by atoms with E-state index in [-0.39, 0.29) is 57.3 Å². The van der Waals surface area contributed by atoms with E-state index in [1.807, 2.05) is 0 Å². The van der Waals surface area contributed by atoms with Crippen molar-refractivity contribution >= 4 is 22.9 Å². The van der Waals surface area contributed by atoms with Crippen molar-refractivity contribution in [2.24, 2.45) is 0 Å². The van der Waals surface area contributed by atoms with E-state index >= 15 is 0 Å². The molecule has 1 aliphatic rings. The number of carbonyl (C=O) groups is 2. The number of aromatic hydroxyl groups is 4. The third kappa shape index (κ3) is 4.25. The topological polar surface area (TPSA) is 182 Å². The maximum atomic E-state index is 13.3. The lowest BCUT2D eigenvalue weighted by Crippen LogP contribution is -2.22. The monoisotopic (exact) mass is 550 g/mol. The van der Waals surface area contributed by atoms with Crippen molar-refractivity contribution in [3.8, 4) is 57.3 Å². The predicted molar refractivity (Wildman–Crippen MR) is 138 cm³/mol. The normalized spacial score (nSPS) is 14.4. The van der Waals surface area contributed by atoms with E-state index in [2.05, 4.69) is 0 Å². The lowest BCUT2D eigenvalue weighted by molar-refractivity contribution is -0.135. The van der Waals surface area contributed by atoms with Crippen molar-refractivity contribution in [2.45, 2.75) is 19.3 Å². The molecule has 0 saturated carbocycles. The van der Waals surface area contributed by atoms with Gasteiger partial charge in [-0.1, -0.05) is 0 Å². The fourth-order valence-corrected chi connectivity index (χ4v) is 4.67. The molecular formula is C28H22O12. The smallest absolute Gasteiger partial charge is 0.312 e. The van der Waals surface area contributed by atoms with Crippen molar-refractivity contribution in [2.75, 3.05) is 14.2 Å². The number of fused-ring (bicyclic) bond motifs is 3. The molecule has 40 heavy (non-hydrogen) atoms. The van der Waals surface area contributed by atoms with Gasteiger partial charge in [0.1, 0.15) is 22.5 Å².